The van der Waals surface area contributed by atoms with Gasteiger partial charge in [0.2, 0.25) is 0 Å². The van der Waals surface area contributed by atoms with Gasteiger partial charge in [0.05, 0.1) is 5.02 Å². The van der Waals surface area contributed by atoms with Gasteiger partial charge in [-0.1, -0.05) is 23.2 Å². The zero-order valence-corrected chi connectivity index (χ0v) is 11.0. The first-order valence-electron chi connectivity index (χ1n) is 3.23. The van der Waals surface area contributed by atoms with Gasteiger partial charge >= 0.3 is 51.4 Å². The monoisotopic (exact) mass is 211 g/mol. The van der Waals surface area contributed by atoms with Crippen LogP contribution in [0, 0.1) is 5.82 Å². The van der Waals surface area contributed by atoms with Crippen LogP contribution in [0.25, 0.3) is 5.32 Å². The first-order valence-corrected chi connectivity index (χ1v) is 3.61. The van der Waals surface area contributed by atoms with E-state index in [-0.39, 0.29) is 62.2 Å². The van der Waals surface area contributed by atoms with E-state index in [4.69, 9.17) is 11.6 Å². The summed E-state index contributed by atoms with van der Waals surface area (Å²) in [5.41, 5.74) is 0.930. The third-order valence-electron chi connectivity index (χ3n) is 1.32. The van der Waals surface area contributed by atoms with Gasteiger partial charge in [-0.2, -0.15) is 7.05 Å². The SMILES string of the molecule is C[N-]Cc1ccc(F)c(Cl)c1.[K+]. The maximum atomic E-state index is 12.6. The molecule has 12 heavy (non-hydrogen) atoms. The average Bonchev–Trinajstić information content (AvgIpc) is 1.98. The van der Waals surface area contributed by atoms with E-state index in [1.165, 1.54) is 6.07 Å². The van der Waals surface area contributed by atoms with Crippen molar-refractivity contribution in [2.75, 3.05) is 7.05 Å². The molecule has 0 heterocycles. The van der Waals surface area contributed by atoms with E-state index in [0.717, 1.165) is 5.56 Å². The molecule has 0 aliphatic carbocycles. The molecular formula is C8H8ClFKN. The van der Waals surface area contributed by atoms with Gasteiger partial charge in [0.1, 0.15) is 5.82 Å². The first-order chi connectivity index (χ1) is 5.24. The van der Waals surface area contributed by atoms with Crippen molar-refractivity contribution in [3.05, 3.63) is 39.9 Å². The molecule has 0 amide bonds. The van der Waals surface area contributed by atoms with Gasteiger partial charge in [-0.3, -0.25) is 0 Å². The largest absolute Gasteiger partial charge is 1.00 e. The second-order valence-electron chi connectivity index (χ2n) is 2.22. The van der Waals surface area contributed by atoms with Crippen LogP contribution in [0.3, 0.4) is 0 Å². The van der Waals surface area contributed by atoms with Crippen LogP contribution in [-0.4, -0.2) is 7.05 Å². The quantitative estimate of drug-likeness (QED) is 0.611. The summed E-state index contributed by atoms with van der Waals surface area (Å²) in [7, 11) is 1.71. The molecule has 1 aromatic carbocycles. The van der Waals surface area contributed by atoms with Crippen LogP contribution in [0.2, 0.25) is 5.02 Å². The van der Waals surface area contributed by atoms with Gasteiger partial charge in [0.25, 0.3) is 0 Å². The molecule has 0 unspecified atom stereocenters. The molecule has 0 aliphatic rings. The fraction of sp³-hybridized carbons (Fsp3) is 0.250. The van der Waals surface area contributed by atoms with Crippen molar-refractivity contribution in [3.8, 4) is 0 Å². The van der Waals surface area contributed by atoms with Crippen LogP contribution in [0.4, 0.5) is 4.39 Å². The number of halogens is 2. The molecule has 0 saturated heterocycles. The third kappa shape index (κ3) is 3.83. The molecule has 1 aromatic rings. The standard InChI is InChI=1S/C8H8ClFN.K/c1-11-5-6-2-3-8(10)7(9)4-6;/h2-4H,5H2,1H3;/q-1;+1. The van der Waals surface area contributed by atoms with Crippen molar-refractivity contribution in [1.82, 2.24) is 0 Å². The van der Waals surface area contributed by atoms with Crippen LogP contribution < -0.4 is 51.4 Å². The van der Waals surface area contributed by atoms with Crippen LogP contribution >= 0.6 is 11.6 Å². The Morgan fingerprint density at radius 2 is 2.17 bits per heavy atom. The molecule has 0 saturated carbocycles. The fourth-order valence-corrected chi connectivity index (χ4v) is 1.02. The molecule has 0 radical (unpaired) electrons. The number of benzene rings is 1. The summed E-state index contributed by atoms with van der Waals surface area (Å²) < 4.78 is 12.6. The Balaban J connectivity index is 0.00000121. The van der Waals surface area contributed by atoms with Crippen molar-refractivity contribution in [1.29, 1.82) is 0 Å². The van der Waals surface area contributed by atoms with Gasteiger partial charge in [0, 0.05) is 0 Å². The number of hydrogen-bond donors (Lipinski definition) is 0. The van der Waals surface area contributed by atoms with E-state index < -0.39 is 0 Å². The smallest absolute Gasteiger partial charge is 0.661 e. The Hall–Kier alpha value is 1.04. The van der Waals surface area contributed by atoms with Gasteiger partial charge in [-0.15, -0.1) is 6.54 Å². The second-order valence-corrected chi connectivity index (χ2v) is 2.63. The van der Waals surface area contributed by atoms with Crippen molar-refractivity contribution < 1.29 is 55.8 Å². The summed E-state index contributed by atoms with van der Waals surface area (Å²) in [5, 5.41) is 4.05. The summed E-state index contributed by atoms with van der Waals surface area (Å²) in [6, 6.07) is 4.61. The minimum atomic E-state index is -0.383. The third-order valence-corrected chi connectivity index (χ3v) is 1.61. The topological polar surface area (TPSA) is 14.1 Å². The van der Waals surface area contributed by atoms with Crippen molar-refractivity contribution >= 4 is 11.6 Å². The molecule has 0 aromatic heterocycles. The van der Waals surface area contributed by atoms with Crippen molar-refractivity contribution in [3.63, 3.8) is 0 Å². The Morgan fingerprint density at radius 1 is 1.50 bits per heavy atom. The number of rotatable bonds is 2. The van der Waals surface area contributed by atoms with Gasteiger partial charge in [0.15, 0.2) is 0 Å². The van der Waals surface area contributed by atoms with E-state index in [1.54, 1.807) is 19.2 Å². The first kappa shape index (κ1) is 13.0. The van der Waals surface area contributed by atoms with Crippen molar-refractivity contribution in [2.45, 2.75) is 6.54 Å². The van der Waals surface area contributed by atoms with Gasteiger partial charge in [-0.05, 0) is 12.1 Å². The Kier molecular flexibility index (Phi) is 7.04. The molecular weight excluding hydrogens is 204 g/mol. The molecule has 0 atom stereocenters. The molecule has 0 bridgehead atoms. The Bertz CT molecular complexity index is 255. The second kappa shape index (κ2) is 6.48. The van der Waals surface area contributed by atoms with E-state index in [0.29, 0.717) is 6.54 Å². The van der Waals surface area contributed by atoms with Crippen LogP contribution in [0.15, 0.2) is 18.2 Å². The normalized spacial score (nSPS) is 9.25. The predicted molar refractivity (Wildman–Crippen MR) is 44.4 cm³/mol. The van der Waals surface area contributed by atoms with Crippen molar-refractivity contribution in [2.24, 2.45) is 0 Å². The van der Waals surface area contributed by atoms with E-state index >= 15 is 0 Å². The molecule has 0 aliphatic heterocycles. The van der Waals surface area contributed by atoms with Gasteiger partial charge < -0.3 is 5.32 Å². The molecule has 1 rings (SSSR count). The molecule has 0 spiro atoms. The predicted octanol–water partition coefficient (Wildman–Crippen LogP) is -0.0134. The van der Waals surface area contributed by atoms with Gasteiger partial charge in [-0.25, -0.2) is 4.39 Å². The molecule has 4 heteroatoms. The molecule has 1 nitrogen and oxygen atoms in total. The average molecular weight is 212 g/mol. The van der Waals surface area contributed by atoms with E-state index in [9.17, 15) is 4.39 Å². The number of nitrogens with zero attached hydrogens (tertiary/aromatic N) is 1. The summed E-state index contributed by atoms with van der Waals surface area (Å²) in [6.07, 6.45) is 0. The van der Waals surface area contributed by atoms with Crippen LogP contribution in [0.5, 0.6) is 0 Å². The summed E-state index contributed by atoms with van der Waals surface area (Å²) >= 11 is 5.53. The van der Waals surface area contributed by atoms with Crippen LogP contribution in [0.1, 0.15) is 5.56 Å². The van der Waals surface area contributed by atoms with E-state index in [1.807, 2.05) is 0 Å². The maximum Gasteiger partial charge on any atom is 1.00 e. The van der Waals surface area contributed by atoms with Crippen LogP contribution in [-0.2, 0) is 6.54 Å². The number of hydrogen-bond acceptors (Lipinski definition) is 0. The summed E-state index contributed by atoms with van der Waals surface area (Å²) in [4.78, 5) is 0. The minimum absolute atomic E-state index is 0. The molecule has 0 fully saturated rings. The fourth-order valence-electron chi connectivity index (χ4n) is 0.821. The zero-order chi connectivity index (χ0) is 8.27. The van der Waals surface area contributed by atoms with E-state index in [2.05, 4.69) is 5.32 Å². The summed E-state index contributed by atoms with van der Waals surface area (Å²) in [6.45, 7) is 0.583. The molecule has 60 valence electrons. The Morgan fingerprint density at radius 3 is 2.67 bits per heavy atom. The summed E-state index contributed by atoms with van der Waals surface area (Å²) in [5.74, 6) is -0.383. The Labute approximate surface area is 119 Å². The maximum absolute atomic E-state index is 12.6. The minimum Gasteiger partial charge on any atom is -0.661 e. The molecule has 0 N–H and O–H groups in total. The zero-order valence-electron chi connectivity index (χ0n) is 7.14.